The number of esters is 1. The van der Waals surface area contributed by atoms with Crippen LogP contribution < -0.4 is 0 Å². The average Bonchev–Trinajstić information content (AvgIpc) is 2.28. The van der Waals surface area contributed by atoms with E-state index >= 15 is 0 Å². The largest absolute Gasteiger partial charge is 0.438 e. The fourth-order valence-corrected chi connectivity index (χ4v) is 1.57. The van der Waals surface area contributed by atoms with Crippen LogP contribution in [0.2, 0.25) is 5.02 Å². The van der Waals surface area contributed by atoms with Gasteiger partial charge >= 0.3 is 5.97 Å². The maximum Gasteiger partial charge on any atom is 0.340 e. The second-order valence-corrected chi connectivity index (χ2v) is 3.29. The fraction of sp³-hybridized carbons (Fsp3) is 0.125. The fourth-order valence-electron chi connectivity index (χ4n) is 1.13. The van der Waals surface area contributed by atoms with Crippen LogP contribution in [0.1, 0.15) is 21.5 Å². The number of carbonyl (C=O) groups is 1. The Morgan fingerprint density at radius 3 is 2.92 bits per heavy atom. The number of alkyl halides is 1. The van der Waals surface area contributed by atoms with Gasteiger partial charge < -0.3 is 4.74 Å². The first-order chi connectivity index (χ1) is 5.68. The number of fused-ring (bicyclic) bond motifs is 1. The van der Waals surface area contributed by atoms with Gasteiger partial charge in [0.05, 0.1) is 5.56 Å². The van der Waals surface area contributed by atoms with Crippen LogP contribution >= 0.6 is 23.2 Å². The Kier molecular flexibility index (Phi) is 1.74. The van der Waals surface area contributed by atoms with Crippen molar-refractivity contribution in [2.24, 2.45) is 0 Å². The minimum absolute atomic E-state index is 0.387. The van der Waals surface area contributed by atoms with E-state index in [2.05, 4.69) is 0 Å². The lowest BCUT2D eigenvalue weighted by Gasteiger charge is -1.98. The highest BCUT2D eigenvalue weighted by atomic mass is 35.5. The van der Waals surface area contributed by atoms with E-state index in [1.165, 1.54) is 0 Å². The summed E-state index contributed by atoms with van der Waals surface area (Å²) in [6, 6.07) is 4.89. The Balaban J connectivity index is 2.60. The van der Waals surface area contributed by atoms with Crippen LogP contribution in [0.3, 0.4) is 0 Å². The molecule has 0 fully saturated rings. The van der Waals surface area contributed by atoms with Crippen LogP contribution in [-0.4, -0.2) is 5.97 Å². The number of halogens is 2. The molecule has 1 aromatic rings. The van der Waals surface area contributed by atoms with E-state index in [-0.39, 0.29) is 5.97 Å². The quantitative estimate of drug-likeness (QED) is 0.478. The van der Waals surface area contributed by atoms with Gasteiger partial charge in [0.25, 0.3) is 0 Å². The van der Waals surface area contributed by atoms with Gasteiger partial charge in [0, 0.05) is 10.6 Å². The lowest BCUT2D eigenvalue weighted by Crippen LogP contribution is -1.92. The summed E-state index contributed by atoms with van der Waals surface area (Å²) in [6.45, 7) is 0. The summed E-state index contributed by atoms with van der Waals surface area (Å²) in [7, 11) is 0. The maximum atomic E-state index is 11.0. The van der Waals surface area contributed by atoms with Crippen LogP contribution in [0.25, 0.3) is 0 Å². The number of ether oxygens (including phenoxy) is 1. The molecule has 2 nitrogen and oxygen atoms in total. The van der Waals surface area contributed by atoms with Crippen molar-refractivity contribution < 1.29 is 9.53 Å². The summed E-state index contributed by atoms with van der Waals surface area (Å²) >= 11 is 11.4. The van der Waals surface area contributed by atoms with Crippen LogP contribution in [0.4, 0.5) is 0 Å². The van der Waals surface area contributed by atoms with Crippen molar-refractivity contribution in [1.29, 1.82) is 0 Å². The lowest BCUT2D eigenvalue weighted by atomic mass is 10.1. The predicted molar refractivity (Wildman–Crippen MR) is 45.5 cm³/mol. The normalized spacial score (nSPS) is 20.5. The standard InChI is InChI=1S/C8H4Cl2O2/c9-4-1-2-5-6(3-4)7(10)12-8(5)11/h1-3,7H. The van der Waals surface area contributed by atoms with Gasteiger partial charge in [-0.25, -0.2) is 4.79 Å². The second-order valence-electron chi connectivity index (χ2n) is 2.45. The van der Waals surface area contributed by atoms with Crippen LogP contribution in [0.15, 0.2) is 18.2 Å². The molecule has 0 bridgehead atoms. The minimum Gasteiger partial charge on any atom is -0.438 e. The smallest absolute Gasteiger partial charge is 0.340 e. The third-order valence-corrected chi connectivity index (χ3v) is 2.25. The molecule has 4 heteroatoms. The van der Waals surface area contributed by atoms with Crippen LogP contribution in [0, 0.1) is 0 Å². The molecule has 0 aliphatic carbocycles. The van der Waals surface area contributed by atoms with E-state index in [1.54, 1.807) is 18.2 Å². The summed E-state index contributed by atoms with van der Waals surface area (Å²) < 4.78 is 4.75. The van der Waals surface area contributed by atoms with E-state index < -0.39 is 5.56 Å². The first-order valence-electron chi connectivity index (χ1n) is 3.33. The highest BCUT2D eigenvalue weighted by Crippen LogP contribution is 2.34. The molecule has 0 saturated carbocycles. The third-order valence-electron chi connectivity index (χ3n) is 1.69. The summed E-state index contributed by atoms with van der Waals surface area (Å²) in [4.78, 5) is 11.0. The molecule has 1 heterocycles. The molecule has 0 radical (unpaired) electrons. The van der Waals surface area contributed by atoms with Gasteiger partial charge in [-0.15, -0.1) is 0 Å². The Morgan fingerprint density at radius 2 is 2.17 bits per heavy atom. The molecule has 0 N–H and O–H groups in total. The molecule has 12 heavy (non-hydrogen) atoms. The molecule has 1 aliphatic rings. The molecule has 1 atom stereocenters. The van der Waals surface area contributed by atoms with Crippen molar-refractivity contribution >= 4 is 29.2 Å². The minimum atomic E-state index is -0.689. The van der Waals surface area contributed by atoms with Crippen LogP contribution in [0.5, 0.6) is 0 Å². The molecular weight excluding hydrogens is 199 g/mol. The molecule has 0 saturated heterocycles. The van der Waals surface area contributed by atoms with E-state index in [1.807, 2.05) is 0 Å². The number of benzene rings is 1. The first kappa shape index (κ1) is 7.90. The van der Waals surface area contributed by atoms with Crippen molar-refractivity contribution in [2.45, 2.75) is 5.56 Å². The Hall–Kier alpha value is -0.730. The van der Waals surface area contributed by atoms with Gasteiger partial charge in [-0.05, 0) is 18.2 Å². The van der Waals surface area contributed by atoms with Gasteiger partial charge in [-0.3, -0.25) is 0 Å². The number of hydrogen-bond acceptors (Lipinski definition) is 2. The molecular formula is C8H4Cl2O2. The average molecular weight is 203 g/mol. The second kappa shape index (κ2) is 2.64. The zero-order valence-electron chi connectivity index (χ0n) is 5.88. The van der Waals surface area contributed by atoms with Crippen LogP contribution in [-0.2, 0) is 4.74 Å². The summed E-state index contributed by atoms with van der Waals surface area (Å²) in [5.74, 6) is -0.387. The van der Waals surface area contributed by atoms with E-state index in [4.69, 9.17) is 27.9 Å². The topological polar surface area (TPSA) is 26.3 Å². The molecule has 2 rings (SSSR count). The monoisotopic (exact) mass is 202 g/mol. The van der Waals surface area contributed by atoms with Gasteiger partial charge in [0.2, 0.25) is 5.56 Å². The van der Waals surface area contributed by atoms with Crippen molar-refractivity contribution in [3.8, 4) is 0 Å². The van der Waals surface area contributed by atoms with Crippen molar-refractivity contribution in [1.82, 2.24) is 0 Å². The third kappa shape index (κ3) is 1.08. The number of cyclic esters (lactones) is 1. The van der Waals surface area contributed by atoms with Gasteiger partial charge in [0.1, 0.15) is 0 Å². The summed E-state index contributed by atoms with van der Waals surface area (Å²) in [5.41, 5.74) is 0.458. The van der Waals surface area contributed by atoms with E-state index in [0.717, 1.165) is 0 Å². The maximum absolute atomic E-state index is 11.0. The SMILES string of the molecule is O=C1OC(Cl)c2cc(Cl)ccc21. The number of hydrogen-bond donors (Lipinski definition) is 0. The van der Waals surface area contributed by atoms with Crippen molar-refractivity contribution in [3.63, 3.8) is 0 Å². The summed E-state index contributed by atoms with van der Waals surface area (Å²) in [5, 5.41) is 0.553. The van der Waals surface area contributed by atoms with Gasteiger partial charge in [-0.2, -0.15) is 0 Å². The Morgan fingerprint density at radius 1 is 1.42 bits per heavy atom. The molecule has 1 unspecified atom stereocenters. The molecule has 0 amide bonds. The van der Waals surface area contributed by atoms with E-state index in [0.29, 0.717) is 16.1 Å². The first-order valence-corrected chi connectivity index (χ1v) is 4.14. The predicted octanol–water partition coefficient (Wildman–Crippen LogP) is 2.75. The van der Waals surface area contributed by atoms with Gasteiger partial charge in [0.15, 0.2) is 0 Å². The molecule has 62 valence electrons. The van der Waals surface area contributed by atoms with Gasteiger partial charge in [-0.1, -0.05) is 23.2 Å². The van der Waals surface area contributed by atoms with Crippen molar-refractivity contribution in [2.75, 3.05) is 0 Å². The molecule has 1 aromatic carbocycles. The zero-order valence-corrected chi connectivity index (χ0v) is 7.39. The Bertz CT molecular complexity index is 349. The molecule has 1 aliphatic heterocycles. The number of rotatable bonds is 0. The molecule has 0 aromatic heterocycles. The lowest BCUT2D eigenvalue weighted by molar-refractivity contribution is 0.0513. The van der Waals surface area contributed by atoms with E-state index in [9.17, 15) is 4.79 Å². The number of carbonyl (C=O) groups excluding carboxylic acids is 1. The van der Waals surface area contributed by atoms with Crippen molar-refractivity contribution in [3.05, 3.63) is 34.3 Å². The highest BCUT2D eigenvalue weighted by molar-refractivity contribution is 6.31. The summed E-state index contributed by atoms with van der Waals surface area (Å²) in [6.07, 6.45) is 0. The Labute approximate surface area is 79.0 Å². The zero-order chi connectivity index (χ0) is 8.72. The molecule has 0 spiro atoms. The highest BCUT2D eigenvalue weighted by Gasteiger charge is 2.29.